The van der Waals surface area contributed by atoms with Crippen molar-refractivity contribution < 1.29 is 4.79 Å². The molecule has 0 unspecified atom stereocenters. The summed E-state index contributed by atoms with van der Waals surface area (Å²) >= 11 is 0. The van der Waals surface area contributed by atoms with Gasteiger partial charge in [-0.3, -0.25) is 0 Å². The summed E-state index contributed by atoms with van der Waals surface area (Å²) in [5.41, 5.74) is 2.49. The summed E-state index contributed by atoms with van der Waals surface area (Å²) in [6.45, 7) is 1.93. The van der Waals surface area contributed by atoms with Gasteiger partial charge in [-0.25, -0.2) is 9.78 Å². The van der Waals surface area contributed by atoms with Gasteiger partial charge < -0.3 is 4.57 Å². The standard InChI is InChI=1S/C10H9N3O/c1-7-12-9-4-3-8(11-6-14)5-10(9)13(7)2/h3-5H,1-2H3. The fourth-order valence-corrected chi connectivity index (χ4v) is 1.42. The minimum Gasteiger partial charge on any atom is -0.331 e. The van der Waals surface area contributed by atoms with Gasteiger partial charge in [-0.1, -0.05) is 0 Å². The van der Waals surface area contributed by atoms with E-state index in [1.165, 1.54) is 6.08 Å². The molecule has 2 aromatic rings. The van der Waals surface area contributed by atoms with Crippen LogP contribution in [0.4, 0.5) is 5.69 Å². The molecule has 1 aromatic heterocycles. The molecule has 0 saturated heterocycles. The minimum atomic E-state index is 0.607. The molecule has 0 bridgehead atoms. The van der Waals surface area contributed by atoms with Crippen LogP contribution < -0.4 is 0 Å². The predicted molar refractivity (Wildman–Crippen MR) is 53.2 cm³/mol. The zero-order valence-corrected chi connectivity index (χ0v) is 7.98. The number of imidazole rings is 1. The van der Waals surface area contributed by atoms with Crippen LogP contribution in [-0.4, -0.2) is 15.6 Å². The molecule has 0 saturated carbocycles. The van der Waals surface area contributed by atoms with E-state index >= 15 is 0 Å². The number of fused-ring (bicyclic) bond motifs is 1. The first-order valence-corrected chi connectivity index (χ1v) is 4.23. The Hall–Kier alpha value is -1.93. The lowest BCUT2D eigenvalue weighted by Crippen LogP contribution is -1.89. The van der Waals surface area contributed by atoms with Crippen LogP contribution in [-0.2, 0) is 11.8 Å². The van der Waals surface area contributed by atoms with Crippen molar-refractivity contribution in [3.63, 3.8) is 0 Å². The molecule has 0 aliphatic rings. The third-order valence-electron chi connectivity index (χ3n) is 2.26. The first-order chi connectivity index (χ1) is 6.72. The fraction of sp³-hybridized carbons (Fsp3) is 0.200. The van der Waals surface area contributed by atoms with E-state index < -0.39 is 0 Å². The predicted octanol–water partition coefficient (Wildman–Crippen LogP) is 1.85. The summed E-state index contributed by atoms with van der Waals surface area (Å²) in [6, 6.07) is 5.42. The van der Waals surface area contributed by atoms with Crippen molar-refractivity contribution in [1.29, 1.82) is 0 Å². The van der Waals surface area contributed by atoms with Crippen molar-refractivity contribution in [2.45, 2.75) is 6.92 Å². The first-order valence-electron chi connectivity index (χ1n) is 4.23. The number of carbonyl (C=O) groups excluding carboxylic acids is 1. The molecule has 0 amide bonds. The van der Waals surface area contributed by atoms with Crippen LogP contribution in [0.1, 0.15) is 5.82 Å². The van der Waals surface area contributed by atoms with Crippen molar-refractivity contribution in [1.82, 2.24) is 9.55 Å². The van der Waals surface area contributed by atoms with E-state index in [0.29, 0.717) is 5.69 Å². The molecule has 1 heterocycles. The number of isocyanates is 1. The lowest BCUT2D eigenvalue weighted by molar-refractivity contribution is 0.565. The molecule has 14 heavy (non-hydrogen) atoms. The highest BCUT2D eigenvalue weighted by Gasteiger charge is 2.03. The highest BCUT2D eigenvalue weighted by atomic mass is 16.1. The number of nitrogens with zero attached hydrogens (tertiary/aromatic N) is 3. The minimum absolute atomic E-state index is 0.607. The van der Waals surface area contributed by atoms with Crippen LogP contribution in [0, 0.1) is 6.92 Å². The van der Waals surface area contributed by atoms with E-state index in [-0.39, 0.29) is 0 Å². The monoisotopic (exact) mass is 187 g/mol. The number of rotatable bonds is 1. The summed E-state index contributed by atoms with van der Waals surface area (Å²) in [7, 11) is 1.93. The average molecular weight is 187 g/mol. The third-order valence-corrected chi connectivity index (χ3v) is 2.26. The maximum absolute atomic E-state index is 10.1. The molecule has 0 aliphatic heterocycles. The highest BCUT2D eigenvalue weighted by Crippen LogP contribution is 2.20. The van der Waals surface area contributed by atoms with E-state index in [1.54, 1.807) is 6.07 Å². The Morgan fingerprint density at radius 3 is 3.00 bits per heavy atom. The molecule has 0 N–H and O–H groups in total. The molecule has 0 radical (unpaired) electrons. The third kappa shape index (κ3) is 1.22. The number of hydrogen-bond acceptors (Lipinski definition) is 3. The Morgan fingerprint density at radius 2 is 2.29 bits per heavy atom. The average Bonchev–Trinajstić information content (AvgIpc) is 2.45. The van der Waals surface area contributed by atoms with Crippen LogP contribution in [0.5, 0.6) is 0 Å². The second-order valence-electron chi connectivity index (χ2n) is 3.09. The molecule has 0 spiro atoms. The Balaban J connectivity index is 2.75. The highest BCUT2D eigenvalue weighted by molar-refractivity contribution is 5.79. The maximum Gasteiger partial charge on any atom is 0.240 e. The Bertz CT molecular complexity index is 536. The van der Waals surface area contributed by atoms with E-state index in [4.69, 9.17) is 0 Å². The van der Waals surface area contributed by atoms with Gasteiger partial charge in [-0.05, 0) is 25.1 Å². The molecule has 0 aliphatic carbocycles. The smallest absolute Gasteiger partial charge is 0.240 e. The van der Waals surface area contributed by atoms with E-state index in [0.717, 1.165) is 16.9 Å². The Labute approximate surface area is 80.9 Å². The second-order valence-corrected chi connectivity index (χ2v) is 3.09. The lowest BCUT2D eigenvalue weighted by atomic mass is 10.3. The Kier molecular flexibility index (Phi) is 1.91. The van der Waals surface area contributed by atoms with Crippen LogP contribution in [0.2, 0.25) is 0 Å². The number of hydrogen-bond donors (Lipinski definition) is 0. The topological polar surface area (TPSA) is 47.2 Å². The zero-order chi connectivity index (χ0) is 10.1. The zero-order valence-electron chi connectivity index (χ0n) is 7.98. The normalized spacial score (nSPS) is 10.1. The van der Waals surface area contributed by atoms with Gasteiger partial charge in [0.15, 0.2) is 0 Å². The summed E-state index contributed by atoms with van der Waals surface area (Å²) in [4.78, 5) is 18.0. The van der Waals surface area contributed by atoms with Crippen molar-refractivity contribution in [3.8, 4) is 0 Å². The van der Waals surface area contributed by atoms with Gasteiger partial charge in [0.25, 0.3) is 0 Å². The van der Waals surface area contributed by atoms with E-state index in [9.17, 15) is 4.79 Å². The maximum atomic E-state index is 10.1. The van der Waals surface area contributed by atoms with Crippen molar-refractivity contribution in [2.24, 2.45) is 12.0 Å². The van der Waals surface area contributed by atoms with Crippen LogP contribution in [0.15, 0.2) is 23.2 Å². The molecule has 4 heteroatoms. The van der Waals surface area contributed by atoms with Crippen molar-refractivity contribution >= 4 is 22.8 Å². The summed E-state index contributed by atoms with van der Waals surface area (Å²) < 4.78 is 1.96. The number of aromatic nitrogens is 2. The fourth-order valence-electron chi connectivity index (χ4n) is 1.42. The summed E-state index contributed by atoms with van der Waals surface area (Å²) in [6.07, 6.45) is 1.52. The molecule has 1 aromatic carbocycles. The second kappa shape index (κ2) is 3.09. The number of aryl methyl sites for hydroxylation is 2. The Morgan fingerprint density at radius 1 is 1.50 bits per heavy atom. The molecule has 0 atom stereocenters. The van der Waals surface area contributed by atoms with Gasteiger partial charge in [0.2, 0.25) is 6.08 Å². The summed E-state index contributed by atoms with van der Waals surface area (Å²) in [5.74, 6) is 0.937. The molecule has 0 fully saturated rings. The summed E-state index contributed by atoms with van der Waals surface area (Å²) in [5, 5.41) is 0. The first kappa shape index (κ1) is 8.66. The van der Waals surface area contributed by atoms with Gasteiger partial charge in [0.1, 0.15) is 5.82 Å². The van der Waals surface area contributed by atoms with Gasteiger partial charge in [0, 0.05) is 7.05 Å². The van der Waals surface area contributed by atoms with Crippen molar-refractivity contribution in [2.75, 3.05) is 0 Å². The van der Waals surface area contributed by atoms with Gasteiger partial charge in [-0.2, -0.15) is 4.99 Å². The van der Waals surface area contributed by atoms with E-state index in [2.05, 4.69) is 9.98 Å². The number of aliphatic imine (C=N–C) groups is 1. The molecule has 70 valence electrons. The number of benzene rings is 1. The van der Waals surface area contributed by atoms with Gasteiger partial charge >= 0.3 is 0 Å². The largest absolute Gasteiger partial charge is 0.331 e. The molecule has 4 nitrogen and oxygen atoms in total. The quantitative estimate of drug-likeness (QED) is 0.505. The molecule has 2 rings (SSSR count). The lowest BCUT2D eigenvalue weighted by Gasteiger charge is -1.96. The van der Waals surface area contributed by atoms with Gasteiger partial charge in [0.05, 0.1) is 16.7 Å². The molecular formula is C10H9N3O. The molecular weight excluding hydrogens is 178 g/mol. The SMILES string of the molecule is Cc1nc2ccc(N=C=O)cc2n1C. The van der Waals surface area contributed by atoms with Crippen LogP contribution >= 0.6 is 0 Å². The van der Waals surface area contributed by atoms with E-state index in [1.807, 2.05) is 30.7 Å². The van der Waals surface area contributed by atoms with Crippen molar-refractivity contribution in [3.05, 3.63) is 24.0 Å². The van der Waals surface area contributed by atoms with Crippen LogP contribution in [0.25, 0.3) is 11.0 Å². The van der Waals surface area contributed by atoms with Gasteiger partial charge in [-0.15, -0.1) is 0 Å². The van der Waals surface area contributed by atoms with Crippen LogP contribution in [0.3, 0.4) is 0 Å².